The predicted octanol–water partition coefficient (Wildman–Crippen LogP) is 6.91. The zero-order valence-electron chi connectivity index (χ0n) is 22.0. The van der Waals surface area contributed by atoms with Gasteiger partial charge in [0.1, 0.15) is 5.60 Å². The first-order valence-corrected chi connectivity index (χ1v) is 14.0. The average Bonchev–Trinajstić information content (AvgIpc) is 3.33. The fourth-order valence-corrected chi connectivity index (χ4v) is 6.50. The molecule has 38 heavy (non-hydrogen) atoms. The number of hydrogen-bond donors (Lipinski definition) is 1. The van der Waals surface area contributed by atoms with E-state index in [1.54, 1.807) is 0 Å². The molecule has 3 nitrogen and oxygen atoms in total. The van der Waals surface area contributed by atoms with Crippen molar-refractivity contribution < 1.29 is 9.47 Å². The zero-order valence-corrected chi connectivity index (χ0v) is 22.0. The van der Waals surface area contributed by atoms with Crippen LogP contribution in [0.3, 0.4) is 0 Å². The van der Waals surface area contributed by atoms with Crippen molar-refractivity contribution in [3.63, 3.8) is 0 Å². The molecule has 0 radical (unpaired) electrons. The van der Waals surface area contributed by atoms with Crippen molar-refractivity contribution in [2.75, 3.05) is 19.7 Å². The molecule has 2 fully saturated rings. The fourth-order valence-electron chi connectivity index (χ4n) is 6.50. The Morgan fingerprint density at radius 2 is 1.08 bits per heavy atom. The van der Waals surface area contributed by atoms with Gasteiger partial charge in [-0.3, -0.25) is 0 Å². The fraction of sp³-hybridized carbons (Fsp3) is 0.314. The summed E-state index contributed by atoms with van der Waals surface area (Å²) in [6.45, 7) is 2.55. The summed E-state index contributed by atoms with van der Waals surface area (Å²) in [5.41, 5.74) is 3.48. The molecule has 1 atom stereocenters. The molecule has 4 aromatic carbocycles. The lowest BCUT2D eigenvalue weighted by atomic mass is 9.79. The Bertz CT molecular complexity index is 1190. The highest BCUT2D eigenvalue weighted by atomic mass is 16.6. The Kier molecular flexibility index (Phi) is 7.16. The molecule has 1 unspecified atom stereocenters. The lowest BCUT2D eigenvalue weighted by Crippen LogP contribution is -2.47. The standard InChI is InChI=1S/C35H37NO2/c1-5-13-29(14-6-1)27-34(22-21-33(38-34)23-25-36-26-24-33)28-37-35(30-15-7-2-8-16-30,31-17-9-3-10-18-31)32-19-11-4-12-20-32/h1-20,36H,21-28H2. The van der Waals surface area contributed by atoms with Crippen LogP contribution in [0.2, 0.25) is 0 Å². The summed E-state index contributed by atoms with van der Waals surface area (Å²) in [4.78, 5) is 0. The number of hydrogen-bond acceptors (Lipinski definition) is 3. The van der Waals surface area contributed by atoms with Crippen molar-refractivity contribution in [3.05, 3.63) is 144 Å². The first-order valence-electron chi connectivity index (χ1n) is 14.0. The Balaban J connectivity index is 1.43. The second kappa shape index (κ2) is 10.9. The van der Waals surface area contributed by atoms with Crippen molar-refractivity contribution in [3.8, 4) is 0 Å². The molecule has 0 saturated carbocycles. The van der Waals surface area contributed by atoms with E-state index in [0.29, 0.717) is 6.61 Å². The van der Waals surface area contributed by atoms with Gasteiger partial charge in [-0.05, 0) is 61.0 Å². The van der Waals surface area contributed by atoms with Crippen molar-refractivity contribution in [1.29, 1.82) is 0 Å². The van der Waals surface area contributed by atoms with Gasteiger partial charge in [0.25, 0.3) is 0 Å². The third kappa shape index (κ3) is 4.94. The minimum absolute atomic E-state index is 0.0573. The molecule has 0 aromatic heterocycles. The predicted molar refractivity (Wildman–Crippen MR) is 153 cm³/mol. The normalized spacial score (nSPS) is 20.9. The average molecular weight is 504 g/mol. The summed E-state index contributed by atoms with van der Waals surface area (Å²) in [6, 6.07) is 42.8. The van der Waals surface area contributed by atoms with Gasteiger partial charge in [0.05, 0.1) is 17.8 Å². The van der Waals surface area contributed by atoms with Crippen LogP contribution in [-0.4, -0.2) is 30.9 Å². The Labute approximate surface area is 226 Å². The highest BCUT2D eigenvalue weighted by Gasteiger charge is 2.51. The van der Waals surface area contributed by atoms with Crippen LogP contribution in [0.5, 0.6) is 0 Å². The van der Waals surface area contributed by atoms with Gasteiger partial charge in [-0.2, -0.15) is 0 Å². The van der Waals surface area contributed by atoms with E-state index in [4.69, 9.17) is 9.47 Å². The monoisotopic (exact) mass is 503 g/mol. The second-order valence-corrected chi connectivity index (χ2v) is 10.9. The summed E-state index contributed by atoms with van der Waals surface area (Å²) < 4.78 is 14.6. The zero-order chi connectivity index (χ0) is 25.7. The van der Waals surface area contributed by atoms with Crippen molar-refractivity contribution in [2.45, 2.75) is 48.9 Å². The third-order valence-electron chi connectivity index (χ3n) is 8.45. The molecule has 1 spiro atoms. The van der Waals surface area contributed by atoms with Crippen molar-refractivity contribution >= 4 is 0 Å². The van der Waals surface area contributed by atoms with Crippen LogP contribution in [0.25, 0.3) is 0 Å². The molecule has 0 bridgehead atoms. The van der Waals surface area contributed by atoms with E-state index in [-0.39, 0.29) is 11.2 Å². The lowest BCUT2D eigenvalue weighted by molar-refractivity contribution is -0.161. The van der Waals surface area contributed by atoms with Gasteiger partial charge in [0.2, 0.25) is 0 Å². The molecular formula is C35H37NO2. The number of benzene rings is 4. The molecule has 0 aliphatic carbocycles. The summed E-state index contributed by atoms with van der Waals surface area (Å²) in [6.07, 6.45) is 5.04. The minimum Gasteiger partial charge on any atom is -0.366 e. The van der Waals surface area contributed by atoms with Crippen molar-refractivity contribution in [1.82, 2.24) is 5.32 Å². The molecule has 1 N–H and O–H groups in total. The van der Waals surface area contributed by atoms with Crippen LogP contribution in [0.4, 0.5) is 0 Å². The summed E-state index contributed by atoms with van der Waals surface area (Å²) in [5, 5.41) is 3.52. The number of nitrogens with one attached hydrogen (secondary N) is 1. The smallest absolute Gasteiger partial charge is 0.143 e. The highest BCUT2D eigenvalue weighted by Crippen LogP contribution is 2.47. The third-order valence-corrected chi connectivity index (χ3v) is 8.45. The molecule has 6 rings (SSSR count). The van der Waals surface area contributed by atoms with Crippen LogP contribution in [0.15, 0.2) is 121 Å². The van der Waals surface area contributed by atoms with Gasteiger partial charge in [0, 0.05) is 6.42 Å². The van der Waals surface area contributed by atoms with E-state index in [2.05, 4.69) is 127 Å². The van der Waals surface area contributed by atoms with Crippen LogP contribution < -0.4 is 5.32 Å². The first-order chi connectivity index (χ1) is 18.7. The van der Waals surface area contributed by atoms with Gasteiger partial charge in [-0.15, -0.1) is 0 Å². The highest BCUT2D eigenvalue weighted by molar-refractivity contribution is 5.47. The molecular weight excluding hydrogens is 466 g/mol. The van der Waals surface area contributed by atoms with Gasteiger partial charge < -0.3 is 14.8 Å². The van der Waals surface area contributed by atoms with Crippen LogP contribution in [0.1, 0.15) is 47.9 Å². The minimum atomic E-state index is -0.749. The summed E-state index contributed by atoms with van der Waals surface area (Å²) in [5.74, 6) is 0. The molecule has 4 aromatic rings. The molecule has 2 heterocycles. The Hall–Kier alpha value is -3.24. The SMILES string of the molecule is c1ccc(CC2(COC(c3ccccc3)(c3ccccc3)c3ccccc3)CCC3(CCNCC3)O2)cc1. The Morgan fingerprint density at radius 1 is 0.605 bits per heavy atom. The first kappa shape index (κ1) is 25.1. The summed E-state index contributed by atoms with van der Waals surface area (Å²) in [7, 11) is 0. The maximum absolute atomic E-state index is 7.34. The van der Waals surface area contributed by atoms with E-state index >= 15 is 0 Å². The Morgan fingerprint density at radius 3 is 1.58 bits per heavy atom. The molecule has 194 valence electrons. The maximum Gasteiger partial charge on any atom is 0.143 e. The number of rotatable bonds is 8. The number of ether oxygens (including phenoxy) is 2. The summed E-state index contributed by atoms with van der Waals surface area (Å²) >= 11 is 0. The van der Waals surface area contributed by atoms with Gasteiger partial charge in [-0.1, -0.05) is 121 Å². The van der Waals surface area contributed by atoms with Gasteiger partial charge >= 0.3 is 0 Å². The van der Waals surface area contributed by atoms with Crippen molar-refractivity contribution in [2.24, 2.45) is 0 Å². The number of piperidine rings is 1. The van der Waals surface area contributed by atoms with Crippen LogP contribution in [-0.2, 0) is 21.5 Å². The molecule has 2 aliphatic heterocycles. The van der Waals surface area contributed by atoms with E-state index in [1.807, 2.05) is 0 Å². The quantitative estimate of drug-likeness (QED) is 0.265. The molecule has 2 aliphatic rings. The van der Waals surface area contributed by atoms with E-state index < -0.39 is 5.60 Å². The van der Waals surface area contributed by atoms with Gasteiger partial charge in [0.15, 0.2) is 0 Å². The topological polar surface area (TPSA) is 30.5 Å². The molecule has 0 amide bonds. The van der Waals surface area contributed by atoms with E-state index in [9.17, 15) is 0 Å². The van der Waals surface area contributed by atoms with Crippen LogP contribution >= 0.6 is 0 Å². The second-order valence-electron chi connectivity index (χ2n) is 10.9. The molecule has 3 heteroatoms. The van der Waals surface area contributed by atoms with Crippen LogP contribution in [0, 0.1) is 0 Å². The largest absolute Gasteiger partial charge is 0.366 e. The lowest BCUT2D eigenvalue weighted by Gasteiger charge is -2.42. The van der Waals surface area contributed by atoms with Gasteiger partial charge in [-0.25, -0.2) is 0 Å². The molecule has 2 saturated heterocycles. The maximum atomic E-state index is 7.34. The van der Waals surface area contributed by atoms with E-state index in [0.717, 1.165) is 61.9 Å². The van der Waals surface area contributed by atoms with E-state index in [1.165, 1.54) is 5.56 Å².